The number of piperazine rings is 1. The number of carbonyl (C=O) groups excluding carboxylic acids is 1. The molecule has 4 rings (SSSR count). The highest BCUT2D eigenvalue weighted by Crippen LogP contribution is 2.29. The van der Waals surface area contributed by atoms with Crippen LogP contribution in [0.4, 0.5) is 5.69 Å². The summed E-state index contributed by atoms with van der Waals surface area (Å²) < 4.78 is 0. The van der Waals surface area contributed by atoms with Crippen molar-refractivity contribution in [2.45, 2.75) is 26.2 Å². The molecule has 1 aliphatic rings. The van der Waals surface area contributed by atoms with Crippen molar-refractivity contribution in [3.05, 3.63) is 101 Å². The van der Waals surface area contributed by atoms with Gasteiger partial charge in [0.1, 0.15) is 0 Å². The maximum Gasteiger partial charge on any atom is 0.223 e. The van der Waals surface area contributed by atoms with Gasteiger partial charge in [-0.2, -0.15) is 0 Å². The second-order valence-corrected chi connectivity index (χ2v) is 8.21. The van der Waals surface area contributed by atoms with E-state index < -0.39 is 0 Å². The fourth-order valence-corrected chi connectivity index (χ4v) is 4.24. The first kappa shape index (κ1) is 20.2. The van der Waals surface area contributed by atoms with Gasteiger partial charge in [-0.25, -0.2) is 0 Å². The molecule has 0 N–H and O–H groups in total. The number of hydrogen-bond donors (Lipinski definition) is 0. The van der Waals surface area contributed by atoms with Crippen LogP contribution in [-0.2, 0) is 4.79 Å². The number of aryl methyl sites for hydroxylation is 2. The predicted octanol–water partition coefficient (Wildman–Crippen LogP) is 5.17. The van der Waals surface area contributed by atoms with E-state index in [2.05, 4.69) is 85.5 Å². The third-order valence-corrected chi connectivity index (χ3v) is 6.27. The number of rotatable bonds is 5. The standard InChI is InChI=1S/C27H30N2O/c1-21-13-14-25(19-22(21)2)28-15-17-29(18-16-28)27(30)20-26(23-9-5-3-6-10-23)24-11-7-4-8-12-24/h3-14,19,26H,15-18,20H2,1-2H3. The molecule has 1 aliphatic heterocycles. The molecular formula is C27H30N2O. The normalized spacial score (nSPS) is 14.2. The highest BCUT2D eigenvalue weighted by atomic mass is 16.2. The molecule has 3 aromatic rings. The van der Waals surface area contributed by atoms with E-state index in [1.54, 1.807) is 0 Å². The van der Waals surface area contributed by atoms with Gasteiger partial charge >= 0.3 is 0 Å². The van der Waals surface area contributed by atoms with Crippen molar-refractivity contribution in [1.82, 2.24) is 4.90 Å². The second kappa shape index (κ2) is 9.17. The molecule has 0 saturated carbocycles. The topological polar surface area (TPSA) is 23.6 Å². The molecule has 0 atom stereocenters. The van der Waals surface area contributed by atoms with Crippen LogP contribution in [-0.4, -0.2) is 37.0 Å². The molecule has 0 unspecified atom stereocenters. The summed E-state index contributed by atoms with van der Waals surface area (Å²) in [7, 11) is 0. The van der Waals surface area contributed by atoms with Crippen LogP contribution in [0.2, 0.25) is 0 Å². The zero-order valence-electron chi connectivity index (χ0n) is 17.9. The summed E-state index contributed by atoms with van der Waals surface area (Å²) in [4.78, 5) is 17.6. The highest BCUT2D eigenvalue weighted by molar-refractivity contribution is 5.78. The van der Waals surface area contributed by atoms with Gasteiger partial charge in [-0.1, -0.05) is 66.7 Å². The molecule has 0 aromatic heterocycles. The number of hydrogen-bond acceptors (Lipinski definition) is 2. The largest absolute Gasteiger partial charge is 0.368 e. The summed E-state index contributed by atoms with van der Waals surface area (Å²) in [6.45, 7) is 7.63. The third-order valence-electron chi connectivity index (χ3n) is 6.27. The van der Waals surface area contributed by atoms with E-state index in [1.807, 2.05) is 17.0 Å². The first-order valence-electron chi connectivity index (χ1n) is 10.8. The van der Waals surface area contributed by atoms with E-state index in [1.165, 1.54) is 27.9 Å². The van der Waals surface area contributed by atoms with E-state index in [0.29, 0.717) is 6.42 Å². The van der Waals surface area contributed by atoms with Crippen LogP contribution in [0.25, 0.3) is 0 Å². The van der Waals surface area contributed by atoms with Crippen LogP contribution in [0.1, 0.15) is 34.6 Å². The molecule has 0 spiro atoms. The minimum Gasteiger partial charge on any atom is -0.368 e. The Bertz CT molecular complexity index is 937. The van der Waals surface area contributed by atoms with Gasteiger partial charge in [-0.05, 0) is 48.2 Å². The Morgan fingerprint density at radius 1 is 0.767 bits per heavy atom. The fraction of sp³-hybridized carbons (Fsp3) is 0.296. The number of benzene rings is 3. The monoisotopic (exact) mass is 398 g/mol. The average molecular weight is 399 g/mol. The Hall–Kier alpha value is -3.07. The summed E-state index contributed by atoms with van der Waals surface area (Å²) in [6, 6.07) is 27.4. The van der Waals surface area contributed by atoms with Crippen molar-refractivity contribution >= 4 is 11.6 Å². The summed E-state index contributed by atoms with van der Waals surface area (Å²) in [5, 5.41) is 0. The van der Waals surface area contributed by atoms with Gasteiger partial charge in [0.2, 0.25) is 5.91 Å². The molecule has 3 aromatic carbocycles. The van der Waals surface area contributed by atoms with Crippen molar-refractivity contribution in [3.63, 3.8) is 0 Å². The second-order valence-electron chi connectivity index (χ2n) is 8.21. The number of carbonyl (C=O) groups is 1. The van der Waals surface area contributed by atoms with Gasteiger partial charge in [0.05, 0.1) is 0 Å². The van der Waals surface area contributed by atoms with E-state index in [-0.39, 0.29) is 11.8 Å². The van der Waals surface area contributed by atoms with Gasteiger partial charge in [-0.15, -0.1) is 0 Å². The molecule has 1 heterocycles. The number of amides is 1. The van der Waals surface area contributed by atoms with Gasteiger partial charge in [0.25, 0.3) is 0 Å². The molecule has 1 saturated heterocycles. The van der Waals surface area contributed by atoms with Crippen LogP contribution in [0.5, 0.6) is 0 Å². The van der Waals surface area contributed by atoms with Crippen molar-refractivity contribution in [1.29, 1.82) is 0 Å². The lowest BCUT2D eigenvalue weighted by Crippen LogP contribution is -2.49. The van der Waals surface area contributed by atoms with Gasteiger partial charge in [0, 0.05) is 44.2 Å². The summed E-state index contributed by atoms with van der Waals surface area (Å²) in [5.41, 5.74) is 6.30. The summed E-state index contributed by atoms with van der Waals surface area (Å²) >= 11 is 0. The van der Waals surface area contributed by atoms with Gasteiger partial charge < -0.3 is 9.80 Å². The van der Waals surface area contributed by atoms with Crippen molar-refractivity contribution in [2.24, 2.45) is 0 Å². The Labute approximate surface area is 180 Å². The smallest absolute Gasteiger partial charge is 0.223 e. The van der Waals surface area contributed by atoms with E-state index >= 15 is 0 Å². The van der Waals surface area contributed by atoms with Gasteiger partial charge in [-0.3, -0.25) is 4.79 Å². The fourth-order valence-electron chi connectivity index (χ4n) is 4.24. The van der Waals surface area contributed by atoms with E-state index in [4.69, 9.17) is 0 Å². The van der Waals surface area contributed by atoms with Crippen molar-refractivity contribution in [2.75, 3.05) is 31.1 Å². The Kier molecular flexibility index (Phi) is 6.18. The van der Waals surface area contributed by atoms with Crippen molar-refractivity contribution < 1.29 is 4.79 Å². The minimum atomic E-state index is 0.0951. The number of anilines is 1. The molecule has 0 aliphatic carbocycles. The zero-order chi connectivity index (χ0) is 20.9. The highest BCUT2D eigenvalue weighted by Gasteiger charge is 2.25. The minimum absolute atomic E-state index is 0.0951. The molecule has 154 valence electrons. The zero-order valence-corrected chi connectivity index (χ0v) is 17.9. The lowest BCUT2D eigenvalue weighted by atomic mass is 9.88. The van der Waals surface area contributed by atoms with Crippen LogP contribution >= 0.6 is 0 Å². The third kappa shape index (κ3) is 4.56. The molecule has 3 heteroatoms. The average Bonchev–Trinajstić information content (AvgIpc) is 2.80. The van der Waals surface area contributed by atoms with Crippen LogP contribution in [0.3, 0.4) is 0 Å². The lowest BCUT2D eigenvalue weighted by molar-refractivity contribution is -0.131. The Balaban J connectivity index is 1.43. The lowest BCUT2D eigenvalue weighted by Gasteiger charge is -2.37. The molecule has 0 radical (unpaired) electrons. The first-order valence-corrected chi connectivity index (χ1v) is 10.8. The van der Waals surface area contributed by atoms with Gasteiger partial charge in [0.15, 0.2) is 0 Å². The molecule has 30 heavy (non-hydrogen) atoms. The summed E-state index contributed by atoms with van der Waals surface area (Å²) in [6.07, 6.45) is 0.512. The van der Waals surface area contributed by atoms with Crippen molar-refractivity contribution in [3.8, 4) is 0 Å². The first-order chi connectivity index (χ1) is 14.6. The van der Waals surface area contributed by atoms with Crippen LogP contribution < -0.4 is 4.90 Å². The quantitative estimate of drug-likeness (QED) is 0.592. The Morgan fingerprint density at radius 2 is 1.33 bits per heavy atom. The molecule has 1 amide bonds. The molecule has 3 nitrogen and oxygen atoms in total. The van der Waals surface area contributed by atoms with Crippen LogP contribution in [0.15, 0.2) is 78.9 Å². The summed E-state index contributed by atoms with van der Waals surface area (Å²) in [5.74, 6) is 0.338. The maximum absolute atomic E-state index is 13.2. The van der Waals surface area contributed by atoms with E-state index in [0.717, 1.165) is 26.2 Å². The van der Waals surface area contributed by atoms with E-state index in [9.17, 15) is 4.79 Å². The molecule has 1 fully saturated rings. The SMILES string of the molecule is Cc1ccc(N2CCN(C(=O)CC(c3ccccc3)c3ccccc3)CC2)cc1C. The maximum atomic E-state index is 13.2. The Morgan fingerprint density at radius 3 is 1.87 bits per heavy atom. The number of nitrogens with zero attached hydrogens (tertiary/aromatic N) is 2. The predicted molar refractivity (Wildman–Crippen MR) is 124 cm³/mol. The molecule has 0 bridgehead atoms. The van der Waals surface area contributed by atoms with Crippen LogP contribution in [0, 0.1) is 13.8 Å². The molecular weight excluding hydrogens is 368 g/mol.